The molecule has 13 aromatic rings. The maximum absolute atomic E-state index is 2.38. The Bertz CT molecular complexity index is 3550. The van der Waals surface area contributed by atoms with E-state index in [-0.39, 0.29) is 0 Å². The molecule has 0 fully saturated rings. The van der Waals surface area contributed by atoms with Gasteiger partial charge in [0, 0.05) is 66.4 Å². The van der Waals surface area contributed by atoms with Crippen molar-refractivity contribution >= 4 is 82.5 Å². The Morgan fingerprint density at radius 1 is 0.203 bits per heavy atom. The fraction of sp³-hybridized carbons (Fsp3) is 0. The Labute approximate surface area is 370 Å². The lowest BCUT2D eigenvalue weighted by Gasteiger charge is -2.26. The van der Waals surface area contributed by atoms with Crippen LogP contribution in [0.3, 0.4) is 0 Å². The van der Waals surface area contributed by atoms with Crippen molar-refractivity contribution in [2.24, 2.45) is 0 Å². The van der Waals surface area contributed by atoms with E-state index in [4.69, 9.17) is 0 Å². The summed E-state index contributed by atoms with van der Waals surface area (Å²) in [5.41, 5.74) is 16.2. The molecule has 0 unspecified atom stereocenters. The zero-order chi connectivity index (χ0) is 42.1. The van der Waals surface area contributed by atoms with Gasteiger partial charge in [0.2, 0.25) is 0 Å². The maximum atomic E-state index is 2.38. The average molecular weight is 817 g/mol. The Hall–Kier alpha value is -8.60. The number of aromatic nitrogens is 3. The number of rotatable bonds is 7. The molecule has 13 rings (SSSR count). The first-order valence-electron chi connectivity index (χ1n) is 21.9. The monoisotopic (exact) mass is 816 g/mol. The van der Waals surface area contributed by atoms with Crippen LogP contribution < -0.4 is 4.90 Å². The van der Waals surface area contributed by atoms with Gasteiger partial charge in [-0.15, -0.1) is 0 Å². The van der Waals surface area contributed by atoms with Crippen molar-refractivity contribution in [2.75, 3.05) is 4.90 Å². The lowest BCUT2D eigenvalue weighted by atomic mass is 10.0. The summed E-state index contributed by atoms with van der Waals surface area (Å²) in [4.78, 5) is 2.36. The summed E-state index contributed by atoms with van der Waals surface area (Å²) >= 11 is 0. The lowest BCUT2D eigenvalue weighted by molar-refractivity contribution is 1.17. The first-order chi connectivity index (χ1) is 31.8. The second-order valence-corrected chi connectivity index (χ2v) is 16.6. The van der Waals surface area contributed by atoms with E-state index < -0.39 is 0 Å². The number of hydrogen-bond acceptors (Lipinski definition) is 1. The predicted octanol–water partition coefficient (Wildman–Crippen LogP) is 16.1. The molecule has 0 N–H and O–H groups in total. The van der Waals surface area contributed by atoms with Crippen molar-refractivity contribution in [1.82, 2.24) is 13.7 Å². The second kappa shape index (κ2) is 14.5. The van der Waals surface area contributed by atoms with Crippen LogP contribution in [0.5, 0.6) is 0 Å². The van der Waals surface area contributed by atoms with E-state index >= 15 is 0 Å². The number of anilines is 3. The normalized spacial score (nSPS) is 11.8. The highest BCUT2D eigenvalue weighted by Crippen LogP contribution is 2.40. The van der Waals surface area contributed by atoms with E-state index in [1.54, 1.807) is 0 Å². The van der Waals surface area contributed by atoms with Gasteiger partial charge in [0.1, 0.15) is 0 Å². The minimum Gasteiger partial charge on any atom is -0.311 e. The Morgan fingerprint density at radius 3 is 0.672 bits per heavy atom. The molecular weight excluding hydrogens is 777 g/mol. The molecule has 64 heavy (non-hydrogen) atoms. The standard InChI is InChI=1S/C60H40N4/c1-7-19-55-49(13-1)50-14-2-8-20-56(50)62(55)46-31-27-42(28-32-46)41-25-29-43(30-26-41)61(44-33-37-47(38-34-44)63-57-21-9-3-15-51(57)52-16-4-10-22-58(52)63)45-35-39-48(40-36-45)64-59-23-11-5-17-53(59)54-18-6-12-24-60(54)64/h1-40H. The minimum absolute atomic E-state index is 1.08. The van der Waals surface area contributed by atoms with Gasteiger partial charge in [-0.3, -0.25) is 0 Å². The quantitative estimate of drug-likeness (QED) is 0.157. The van der Waals surface area contributed by atoms with Crippen LogP contribution in [-0.2, 0) is 0 Å². The number of fused-ring (bicyclic) bond motifs is 9. The second-order valence-electron chi connectivity index (χ2n) is 16.6. The summed E-state index contributed by atoms with van der Waals surface area (Å²) in [5, 5.41) is 7.57. The van der Waals surface area contributed by atoms with Crippen LogP contribution in [0.4, 0.5) is 17.1 Å². The summed E-state index contributed by atoms with van der Waals surface area (Å²) in [5.74, 6) is 0. The van der Waals surface area contributed by atoms with Crippen LogP contribution >= 0.6 is 0 Å². The molecule has 0 aliphatic heterocycles. The summed E-state index contributed by atoms with van der Waals surface area (Å²) in [6.45, 7) is 0. The molecule has 4 nitrogen and oxygen atoms in total. The average Bonchev–Trinajstić information content (AvgIpc) is 4.01. The fourth-order valence-corrected chi connectivity index (χ4v) is 10.2. The molecule has 0 saturated carbocycles. The van der Waals surface area contributed by atoms with E-state index in [0.717, 1.165) is 34.1 Å². The van der Waals surface area contributed by atoms with Gasteiger partial charge >= 0.3 is 0 Å². The van der Waals surface area contributed by atoms with E-state index in [2.05, 4.69) is 261 Å². The summed E-state index contributed by atoms with van der Waals surface area (Å²) in [6.07, 6.45) is 0. The Kier molecular flexibility index (Phi) is 8.18. The van der Waals surface area contributed by atoms with Crippen molar-refractivity contribution in [3.05, 3.63) is 243 Å². The number of nitrogens with zero attached hydrogens (tertiary/aromatic N) is 4. The van der Waals surface area contributed by atoms with Crippen LogP contribution in [-0.4, -0.2) is 13.7 Å². The van der Waals surface area contributed by atoms with Gasteiger partial charge in [0.05, 0.1) is 33.1 Å². The number of benzene rings is 10. The van der Waals surface area contributed by atoms with Crippen molar-refractivity contribution < 1.29 is 0 Å². The smallest absolute Gasteiger partial charge is 0.0541 e. The zero-order valence-electron chi connectivity index (χ0n) is 34.9. The topological polar surface area (TPSA) is 18.0 Å². The number of hydrogen-bond donors (Lipinski definition) is 0. The molecular formula is C60H40N4. The van der Waals surface area contributed by atoms with E-state index in [0.29, 0.717) is 0 Å². The molecule has 10 aromatic carbocycles. The molecule has 4 heteroatoms. The van der Waals surface area contributed by atoms with E-state index in [1.807, 2.05) is 0 Å². The molecule has 3 heterocycles. The first-order valence-corrected chi connectivity index (χ1v) is 21.9. The van der Waals surface area contributed by atoms with Gasteiger partial charge < -0.3 is 18.6 Å². The van der Waals surface area contributed by atoms with Gasteiger partial charge in [0.25, 0.3) is 0 Å². The predicted molar refractivity (Wildman–Crippen MR) is 270 cm³/mol. The van der Waals surface area contributed by atoms with Crippen LogP contribution in [0.15, 0.2) is 243 Å². The number of para-hydroxylation sites is 6. The van der Waals surface area contributed by atoms with Gasteiger partial charge in [0.15, 0.2) is 0 Å². The highest BCUT2D eigenvalue weighted by Gasteiger charge is 2.18. The van der Waals surface area contributed by atoms with E-state index in [9.17, 15) is 0 Å². The van der Waals surface area contributed by atoms with Gasteiger partial charge in [-0.2, -0.15) is 0 Å². The maximum Gasteiger partial charge on any atom is 0.0541 e. The molecule has 0 spiro atoms. The third-order valence-electron chi connectivity index (χ3n) is 13.1. The third kappa shape index (κ3) is 5.63. The molecule has 0 amide bonds. The van der Waals surface area contributed by atoms with Crippen LogP contribution in [0.25, 0.3) is 93.6 Å². The lowest BCUT2D eigenvalue weighted by Crippen LogP contribution is -2.10. The summed E-state index contributed by atoms with van der Waals surface area (Å²) < 4.78 is 7.12. The van der Waals surface area contributed by atoms with Crippen molar-refractivity contribution in [2.45, 2.75) is 0 Å². The van der Waals surface area contributed by atoms with Gasteiger partial charge in [-0.05, 0) is 120 Å². The van der Waals surface area contributed by atoms with E-state index in [1.165, 1.54) is 76.5 Å². The first kappa shape index (κ1) is 36.1. The molecule has 0 saturated heterocycles. The van der Waals surface area contributed by atoms with Gasteiger partial charge in [-0.25, -0.2) is 0 Å². The molecule has 0 aliphatic rings. The van der Waals surface area contributed by atoms with Crippen LogP contribution in [0.1, 0.15) is 0 Å². The molecule has 0 atom stereocenters. The largest absolute Gasteiger partial charge is 0.311 e. The molecule has 300 valence electrons. The Balaban J connectivity index is 0.892. The molecule has 3 aromatic heterocycles. The molecule has 0 aliphatic carbocycles. The van der Waals surface area contributed by atoms with Crippen LogP contribution in [0, 0.1) is 0 Å². The zero-order valence-corrected chi connectivity index (χ0v) is 34.9. The minimum atomic E-state index is 1.08. The third-order valence-corrected chi connectivity index (χ3v) is 13.1. The van der Waals surface area contributed by atoms with Gasteiger partial charge in [-0.1, -0.05) is 133 Å². The molecule has 0 radical (unpaired) electrons. The van der Waals surface area contributed by atoms with Crippen molar-refractivity contribution in [3.63, 3.8) is 0 Å². The fourth-order valence-electron chi connectivity index (χ4n) is 10.2. The van der Waals surface area contributed by atoms with Crippen molar-refractivity contribution in [1.29, 1.82) is 0 Å². The highest BCUT2D eigenvalue weighted by atomic mass is 15.1. The summed E-state index contributed by atoms with van der Waals surface area (Å²) in [6, 6.07) is 88.1. The SMILES string of the molecule is c1ccc2c(c1)c1ccccc1n2-c1ccc(-c2ccc(N(c3ccc(-n4c5ccccc5c5ccccc54)cc3)c3ccc(-n4c5ccccc5c5ccccc54)cc3)cc2)cc1. The van der Waals surface area contributed by atoms with Crippen molar-refractivity contribution in [3.8, 4) is 28.2 Å². The van der Waals surface area contributed by atoms with Crippen LogP contribution in [0.2, 0.25) is 0 Å². The molecule has 0 bridgehead atoms. The highest BCUT2D eigenvalue weighted by molar-refractivity contribution is 6.11. The Morgan fingerprint density at radius 2 is 0.406 bits per heavy atom. The summed E-state index contributed by atoms with van der Waals surface area (Å²) in [7, 11) is 0.